The van der Waals surface area contributed by atoms with Crippen molar-refractivity contribution in [2.75, 3.05) is 26.4 Å². The number of hydrogen-bond acceptors (Lipinski definition) is 8. The van der Waals surface area contributed by atoms with E-state index in [9.17, 15) is 19.0 Å². The third-order valence-corrected chi connectivity index (χ3v) is 16.2. The van der Waals surface area contributed by atoms with Crippen LogP contribution >= 0.6 is 7.82 Å². The zero-order valence-corrected chi connectivity index (χ0v) is 53.0. The summed E-state index contributed by atoms with van der Waals surface area (Å²) >= 11 is 0. The molecule has 0 saturated carbocycles. The number of phosphoric acid groups is 1. The number of carbonyl (C=O) groups excluding carboxylic acids is 2. The molecule has 2 atom stereocenters. The zero-order chi connectivity index (χ0) is 57.3. The lowest BCUT2D eigenvalue weighted by atomic mass is 10.0. The van der Waals surface area contributed by atoms with Crippen molar-refractivity contribution in [3.63, 3.8) is 0 Å². The monoisotopic (exact) mass is 1130 g/mol. The number of hydrogen-bond donors (Lipinski definition) is 2. The van der Waals surface area contributed by atoms with E-state index >= 15 is 0 Å². The fraction of sp³-hybridized carbons (Fsp3) is 0.855. The van der Waals surface area contributed by atoms with Gasteiger partial charge in [0, 0.05) is 19.4 Å². The van der Waals surface area contributed by atoms with Crippen molar-refractivity contribution >= 4 is 19.8 Å². The molecule has 0 rings (SSSR count). The Hall–Kier alpha value is -2.03. The molecule has 0 heterocycles. The molecule has 0 fully saturated rings. The van der Waals surface area contributed by atoms with E-state index in [1.165, 1.54) is 270 Å². The highest BCUT2D eigenvalue weighted by Gasteiger charge is 2.26. The zero-order valence-electron chi connectivity index (χ0n) is 52.1. The molecule has 0 aromatic heterocycles. The Labute approximate surface area is 489 Å². The molecule has 464 valence electrons. The third-order valence-electron chi connectivity index (χ3n) is 15.2. The number of ether oxygens (including phenoxy) is 2. The molecule has 79 heavy (non-hydrogen) atoms. The Morgan fingerprint density at radius 1 is 0.380 bits per heavy atom. The number of phosphoric ester groups is 1. The van der Waals surface area contributed by atoms with Crippen molar-refractivity contribution in [2.45, 2.75) is 354 Å². The molecule has 0 radical (unpaired) electrons. The Bertz CT molecular complexity index is 1430. The quantitative estimate of drug-likeness (QED) is 0.0264. The number of nitrogens with two attached hydrogens (primary N) is 1. The molecular weight excluding hydrogens is 1000 g/mol. The molecule has 0 spiro atoms. The maximum atomic E-state index is 12.8. The van der Waals surface area contributed by atoms with Crippen molar-refractivity contribution in [1.29, 1.82) is 0 Å². The summed E-state index contributed by atoms with van der Waals surface area (Å²) < 4.78 is 33.2. The molecule has 0 aliphatic carbocycles. The molecule has 0 aliphatic heterocycles. The highest BCUT2D eigenvalue weighted by atomic mass is 31.2. The second kappa shape index (κ2) is 65.1. The standard InChI is InChI=1S/C69H130NO8P/c1-3-5-7-9-11-13-15-17-19-21-23-25-27-29-30-31-32-33-34-35-36-38-40-42-44-46-48-50-52-54-56-58-60-62-69(72)78-67(66-77-79(73,74)76-64-63-70)65-75-68(71)61-59-57-55-53-51-49-47-45-43-41-39-37-28-26-24-22-20-18-16-14-12-10-8-6-4-2/h15,17,21-24,27,29,67H,3-14,16,18-20,25-26,28,30-66,70H2,1-2H3,(H,73,74)/b17-15-,23-21-,24-22-,29-27-. The molecule has 0 aromatic rings. The van der Waals surface area contributed by atoms with Crippen LogP contribution in [0.4, 0.5) is 0 Å². The van der Waals surface area contributed by atoms with Crippen LogP contribution in [0.25, 0.3) is 0 Å². The lowest BCUT2D eigenvalue weighted by Crippen LogP contribution is -2.29. The van der Waals surface area contributed by atoms with Gasteiger partial charge < -0.3 is 20.1 Å². The Morgan fingerprint density at radius 2 is 0.658 bits per heavy atom. The molecular formula is C69H130NO8P. The average Bonchev–Trinajstić information content (AvgIpc) is 3.44. The lowest BCUT2D eigenvalue weighted by Gasteiger charge is -2.19. The van der Waals surface area contributed by atoms with Gasteiger partial charge in [-0.05, 0) is 77.0 Å². The van der Waals surface area contributed by atoms with Crippen LogP contribution in [-0.2, 0) is 32.7 Å². The van der Waals surface area contributed by atoms with Crippen LogP contribution in [0.2, 0.25) is 0 Å². The van der Waals surface area contributed by atoms with Crippen molar-refractivity contribution in [2.24, 2.45) is 5.73 Å². The molecule has 0 saturated heterocycles. The number of allylic oxidation sites excluding steroid dienone is 8. The highest BCUT2D eigenvalue weighted by Crippen LogP contribution is 2.43. The summed E-state index contributed by atoms with van der Waals surface area (Å²) in [7, 11) is -4.39. The van der Waals surface area contributed by atoms with E-state index < -0.39 is 26.5 Å². The fourth-order valence-electron chi connectivity index (χ4n) is 10.1. The molecule has 9 nitrogen and oxygen atoms in total. The van der Waals surface area contributed by atoms with Gasteiger partial charge in [0.1, 0.15) is 6.61 Å². The van der Waals surface area contributed by atoms with Gasteiger partial charge in [-0.3, -0.25) is 18.6 Å². The summed E-state index contributed by atoms with van der Waals surface area (Å²) in [4.78, 5) is 35.3. The Kier molecular flexibility index (Phi) is 63.5. The van der Waals surface area contributed by atoms with Gasteiger partial charge in [0.25, 0.3) is 0 Å². The van der Waals surface area contributed by atoms with Gasteiger partial charge in [-0.15, -0.1) is 0 Å². The topological polar surface area (TPSA) is 134 Å². The minimum atomic E-state index is -4.39. The van der Waals surface area contributed by atoms with E-state index in [1.54, 1.807) is 0 Å². The SMILES string of the molecule is CCCCCCC/C=C\C/C=C\C/C=C\CCCCCCCCCCCCCCCCCCCCC(=O)OC(COC(=O)CCCCCCCCCCCCCCC/C=C\CCCCCCCCCC)COP(=O)(O)OCCN. The van der Waals surface area contributed by atoms with E-state index in [0.717, 1.165) is 44.9 Å². The highest BCUT2D eigenvalue weighted by molar-refractivity contribution is 7.47. The minimum Gasteiger partial charge on any atom is -0.462 e. The van der Waals surface area contributed by atoms with Gasteiger partial charge >= 0.3 is 19.8 Å². The minimum absolute atomic E-state index is 0.0547. The van der Waals surface area contributed by atoms with Crippen LogP contribution in [0.1, 0.15) is 348 Å². The van der Waals surface area contributed by atoms with Crippen molar-refractivity contribution in [3.8, 4) is 0 Å². The normalized spacial score (nSPS) is 13.2. The van der Waals surface area contributed by atoms with Crippen LogP contribution in [-0.4, -0.2) is 49.3 Å². The first kappa shape index (κ1) is 77.0. The molecule has 0 aromatic carbocycles. The molecule has 0 aliphatic rings. The summed E-state index contributed by atoms with van der Waals surface area (Å²) in [6, 6.07) is 0. The average molecular weight is 1130 g/mol. The van der Waals surface area contributed by atoms with E-state index in [-0.39, 0.29) is 38.6 Å². The Morgan fingerprint density at radius 3 is 0.987 bits per heavy atom. The van der Waals surface area contributed by atoms with E-state index in [0.29, 0.717) is 6.42 Å². The second-order valence-electron chi connectivity index (χ2n) is 23.0. The first-order valence-corrected chi connectivity index (χ1v) is 35.6. The van der Waals surface area contributed by atoms with E-state index in [4.69, 9.17) is 24.3 Å². The number of unbranched alkanes of at least 4 members (excludes halogenated alkanes) is 44. The molecule has 0 amide bonds. The molecule has 3 N–H and O–H groups in total. The van der Waals surface area contributed by atoms with Gasteiger partial charge in [-0.1, -0.05) is 306 Å². The smallest absolute Gasteiger partial charge is 0.462 e. The predicted octanol–water partition coefficient (Wildman–Crippen LogP) is 22.1. The third kappa shape index (κ3) is 65.0. The van der Waals surface area contributed by atoms with Gasteiger partial charge in [-0.2, -0.15) is 0 Å². The maximum absolute atomic E-state index is 12.8. The first-order chi connectivity index (χ1) is 38.8. The van der Waals surface area contributed by atoms with Gasteiger partial charge in [0.05, 0.1) is 13.2 Å². The van der Waals surface area contributed by atoms with E-state index in [1.807, 2.05) is 0 Å². The summed E-state index contributed by atoms with van der Waals surface area (Å²) in [5.74, 6) is -0.810. The van der Waals surface area contributed by atoms with Crippen LogP contribution in [0.5, 0.6) is 0 Å². The lowest BCUT2D eigenvalue weighted by molar-refractivity contribution is -0.161. The van der Waals surface area contributed by atoms with Crippen LogP contribution in [0, 0.1) is 0 Å². The molecule has 0 bridgehead atoms. The summed E-state index contributed by atoms with van der Waals surface area (Å²) in [5.41, 5.74) is 5.40. The van der Waals surface area contributed by atoms with Crippen LogP contribution in [0.3, 0.4) is 0 Å². The Balaban J connectivity index is 3.85. The predicted molar refractivity (Wildman–Crippen MR) is 340 cm³/mol. The van der Waals surface area contributed by atoms with Crippen LogP contribution < -0.4 is 5.73 Å². The van der Waals surface area contributed by atoms with Gasteiger partial charge in [0.15, 0.2) is 6.10 Å². The van der Waals surface area contributed by atoms with Crippen LogP contribution in [0.15, 0.2) is 48.6 Å². The van der Waals surface area contributed by atoms with Crippen molar-refractivity contribution in [3.05, 3.63) is 48.6 Å². The summed E-state index contributed by atoms with van der Waals surface area (Å²) in [6.45, 7) is 3.79. The second-order valence-corrected chi connectivity index (χ2v) is 24.5. The van der Waals surface area contributed by atoms with Crippen molar-refractivity contribution < 1.29 is 37.6 Å². The summed E-state index contributed by atoms with van der Waals surface area (Å²) in [5, 5.41) is 0. The fourth-order valence-corrected chi connectivity index (χ4v) is 10.9. The number of esters is 2. The number of carbonyl (C=O) groups is 2. The largest absolute Gasteiger partial charge is 0.472 e. The maximum Gasteiger partial charge on any atom is 0.472 e. The van der Waals surface area contributed by atoms with E-state index in [2.05, 4.69) is 62.5 Å². The first-order valence-electron chi connectivity index (χ1n) is 34.1. The van der Waals surface area contributed by atoms with Crippen molar-refractivity contribution in [1.82, 2.24) is 0 Å². The van der Waals surface area contributed by atoms with Gasteiger partial charge in [0.2, 0.25) is 0 Å². The molecule has 2 unspecified atom stereocenters. The summed E-state index contributed by atoms with van der Waals surface area (Å²) in [6.07, 6.45) is 82.0. The van der Waals surface area contributed by atoms with Gasteiger partial charge in [-0.25, -0.2) is 4.57 Å². The molecule has 10 heteroatoms. The number of rotatable bonds is 65.